The molecule has 0 bridgehead atoms. The van der Waals surface area contributed by atoms with Crippen molar-refractivity contribution < 1.29 is 13.9 Å². The SMILES string of the molecule is COc1cc(Nc2ncc(C)c(Nc3ccc4ocnc4c3)n2)cc(Cl)c1OC. The van der Waals surface area contributed by atoms with Gasteiger partial charge in [-0.1, -0.05) is 11.6 Å². The molecule has 0 atom stereocenters. The van der Waals surface area contributed by atoms with Gasteiger partial charge in [0.15, 0.2) is 23.5 Å². The third-order valence-electron chi connectivity index (χ3n) is 4.25. The second-order valence-corrected chi connectivity index (χ2v) is 6.61. The molecule has 0 aliphatic carbocycles. The lowest BCUT2D eigenvalue weighted by atomic mass is 10.2. The molecule has 29 heavy (non-hydrogen) atoms. The van der Waals surface area contributed by atoms with Gasteiger partial charge < -0.3 is 24.5 Å². The van der Waals surface area contributed by atoms with Gasteiger partial charge in [-0.15, -0.1) is 0 Å². The summed E-state index contributed by atoms with van der Waals surface area (Å²) >= 11 is 6.27. The first kappa shape index (κ1) is 18.8. The van der Waals surface area contributed by atoms with Crippen LogP contribution in [0.1, 0.15) is 5.56 Å². The van der Waals surface area contributed by atoms with Gasteiger partial charge in [0.1, 0.15) is 11.3 Å². The fourth-order valence-corrected chi connectivity index (χ4v) is 3.11. The zero-order valence-electron chi connectivity index (χ0n) is 16.0. The molecular formula is C20H18ClN5O3. The summed E-state index contributed by atoms with van der Waals surface area (Å²) in [6.07, 6.45) is 3.15. The smallest absolute Gasteiger partial charge is 0.229 e. The van der Waals surface area contributed by atoms with Crippen LogP contribution < -0.4 is 20.1 Å². The quantitative estimate of drug-likeness (QED) is 0.453. The van der Waals surface area contributed by atoms with Crippen LogP contribution >= 0.6 is 11.6 Å². The Morgan fingerprint density at radius 1 is 1.00 bits per heavy atom. The normalized spacial score (nSPS) is 10.8. The van der Waals surface area contributed by atoms with Crippen LogP contribution in [0.5, 0.6) is 11.5 Å². The number of nitrogens with zero attached hydrogens (tertiary/aromatic N) is 3. The largest absolute Gasteiger partial charge is 0.493 e. The maximum atomic E-state index is 6.27. The highest BCUT2D eigenvalue weighted by Gasteiger charge is 2.12. The van der Waals surface area contributed by atoms with Crippen molar-refractivity contribution in [3.05, 3.63) is 53.5 Å². The first-order valence-electron chi connectivity index (χ1n) is 8.70. The van der Waals surface area contributed by atoms with Crippen LogP contribution in [0.15, 0.2) is 47.3 Å². The molecule has 0 amide bonds. The Kier molecular flexibility index (Phi) is 5.09. The minimum atomic E-state index is 0.406. The zero-order valence-corrected chi connectivity index (χ0v) is 16.7. The van der Waals surface area contributed by atoms with Crippen LogP contribution in [0, 0.1) is 6.92 Å². The third-order valence-corrected chi connectivity index (χ3v) is 4.54. The number of methoxy groups -OCH3 is 2. The molecule has 4 aromatic rings. The number of aromatic nitrogens is 3. The number of ether oxygens (including phenoxy) is 2. The van der Waals surface area contributed by atoms with E-state index >= 15 is 0 Å². The number of benzene rings is 2. The highest BCUT2D eigenvalue weighted by Crippen LogP contribution is 2.38. The molecule has 4 rings (SSSR count). The number of hydrogen-bond acceptors (Lipinski definition) is 8. The Balaban J connectivity index is 1.60. The molecule has 148 valence electrons. The molecule has 0 aliphatic heterocycles. The fourth-order valence-electron chi connectivity index (χ4n) is 2.82. The van der Waals surface area contributed by atoms with E-state index in [0.717, 1.165) is 22.4 Å². The van der Waals surface area contributed by atoms with Gasteiger partial charge in [0.2, 0.25) is 5.95 Å². The Morgan fingerprint density at radius 2 is 1.86 bits per heavy atom. The summed E-state index contributed by atoms with van der Waals surface area (Å²) in [4.78, 5) is 13.1. The molecule has 2 aromatic heterocycles. The summed E-state index contributed by atoms with van der Waals surface area (Å²) < 4.78 is 15.9. The fraction of sp³-hybridized carbons (Fsp3) is 0.150. The number of aryl methyl sites for hydroxylation is 1. The van der Waals surface area contributed by atoms with E-state index in [0.29, 0.717) is 34.0 Å². The van der Waals surface area contributed by atoms with Crippen LogP contribution in [0.4, 0.5) is 23.1 Å². The number of hydrogen-bond donors (Lipinski definition) is 2. The first-order valence-corrected chi connectivity index (χ1v) is 9.07. The summed E-state index contributed by atoms with van der Waals surface area (Å²) in [5.74, 6) is 2.05. The lowest BCUT2D eigenvalue weighted by Gasteiger charge is -2.14. The van der Waals surface area contributed by atoms with Gasteiger partial charge in [0.05, 0.1) is 19.2 Å². The minimum Gasteiger partial charge on any atom is -0.493 e. The number of anilines is 4. The molecular weight excluding hydrogens is 394 g/mol. The maximum Gasteiger partial charge on any atom is 0.229 e. The summed E-state index contributed by atoms with van der Waals surface area (Å²) in [5.41, 5.74) is 3.89. The molecule has 0 saturated heterocycles. The molecule has 0 radical (unpaired) electrons. The van der Waals surface area contributed by atoms with Gasteiger partial charge in [-0.3, -0.25) is 0 Å². The van der Waals surface area contributed by atoms with Crippen molar-refractivity contribution >= 4 is 45.8 Å². The van der Waals surface area contributed by atoms with Crippen molar-refractivity contribution in [3.63, 3.8) is 0 Å². The molecule has 0 spiro atoms. The summed E-state index contributed by atoms with van der Waals surface area (Å²) in [6, 6.07) is 9.13. The summed E-state index contributed by atoms with van der Waals surface area (Å²) in [5, 5.41) is 6.85. The molecule has 0 unspecified atom stereocenters. The number of rotatable bonds is 6. The van der Waals surface area contributed by atoms with Gasteiger partial charge in [-0.05, 0) is 31.2 Å². The van der Waals surface area contributed by atoms with E-state index in [4.69, 9.17) is 25.5 Å². The number of nitrogens with one attached hydrogen (secondary N) is 2. The molecule has 8 nitrogen and oxygen atoms in total. The van der Waals surface area contributed by atoms with Gasteiger partial charge >= 0.3 is 0 Å². The minimum absolute atomic E-state index is 0.406. The zero-order chi connectivity index (χ0) is 20.4. The maximum absolute atomic E-state index is 6.27. The molecule has 2 heterocycles. The van der Waals surface area contributed by atoms with E-state index in [1.807, 2.05) is 25.1 Å². The van der Waals surface area contributed by atoms with E-state index in [1.165, 1.54) is 13.5 Å². The van der Waals surface area contributed by atoms with Crippen molar-refractivity contribution in [2.75, 3.05) is 24.9 Å². The number of fused-ring (bicyclic) bond motifs is 1. The molecule has 0 aliphatic rings. The van der Waals surface area contributed by atoms with Crippen LogP contribution in [0.25, 0.3) is 11.1 Å². The van der Waals surface area contributed by atoms with Crippen LogP contribution in [-0.4, -0.2) is 29.2 Å². The highest BCUT2D eigenvalue weighted by atomic mass is 35.5. The van der Waals surface area contributed by atoms with E-state index in [1.54, 1.807) is 25.4 Å². The summed E-state index contributed by atoms with van der Waals surface area (Å²) in [6.45, 7) is 1.92. The van der Waals surface area contributed by atoms with E-state index < -0.39 is 0 Å². The van der Waals surface area contributed by atoms with Crippen molar-refractivity contribution in [1.29, 1.82) is 0 Å². The topological polar surface area (TPSA) is 94.3 Å². The molecule has 0 saturated carbocycles. The molecule has 2 aromatic carbocycles. The molecule has 2 N–H and O–H groups in total. The van der Waals surface area contributed by atoms with Crippen LogP contribution in [0.2, 0.25) is 5.02 Å². The third kappa shape index (κ3) is 3.88. The van der Waals surface area contributed by atoms with Crippen molar-refractivity contribution in [2.45, 2.75) is 6.92 Å². The van der Waals surface area contributed by atoms with Gasteiger partial charge in [0.25, 0.3) is 0 Å². The monoisotopic (exact) mass is 411 g/mol. The standard InChI is InChI=1S/C20H18ClN5O3/c1-11-9-22-20(25-13-6-14(21)18(28-3)17(8-13)27-2)26-19(11)24-12-4-5-16-15(7-12)23-10-29-16/h4-10H,1-3H3,(H2,22,24,25,26). The average Bonchev–Trinajstić information content (AvgIpc) is 3.18. The van der Waals surface area contributed by atoms with Crippen molar-refractivity contribution in [1.82, 2.24) is 15.0 Å². The van der Waals surface area contributed by atoms with Crippen LogP contribution in [0.3, 0.4) is 0 Å². The van der Waals surface area contributed by atoms with Crippen molar-refractivity contribution in [2.24, 2.45) is 0 Å². The predicted octanol–water partition coefficient (Wildman–Crippen LogP) is 5.08. The van der Waals surface area contributed by atoms with Crippen LogP contribution in [-0.2, 0) is 0 Å². The lowest BCUT2D eigenvalue weighted by molar-refractivity contribution is 0.355. The lowest BCUT2D eigenvalue weighted by Crippen LogP contribution is -2.03. The predicted molar refractivity (Wildman–Crippen MR) is 112 cm³/mol. The highest BCUT2D eigenvalue weighted by molar-refractivity contribution is 6.32. The number of halogens is 1. The van der Waals surface area contributed by atoms with Gasteiger partial charge in [-0.2, -0.15) is 4.98 Å². The first-order chi connectivity index (χ1) is 14.1. The summed E-state index contributed by atoms with van der Waals surface area (Å²) in [7, 11) is 3.09. The second-order valence-electron chi connectivity index (χ2n) is 6.20. The van der Waals surface area contributed by atoms with E-state index in [-0.39, 0.29) is 0 Å². The molecule has 9 heteroatoms. The number of oxazole rings is 1. The van der Waals surface area contributed by atoms with Crippen molar-refractivity contribution in [3.8, 4) is 11.5 Å². The Labute approximate surface area is 171 Å². The van der Waals surface area contributed by atoms with E-state index in [9.17, 15) is 0 Å². The Hall–Kier alpha value is -3.52. The Morgan fingerprint density at radius 3 is 2.66 bits per heavy atom. The Bertz CT molecular complexity index is 1180. The molecule has 0 fully saturated rings. The average molecular weight is 412 g/mol. The second kappa shape index (κ2) is 7.84. The van der Waals surface area contributed by atoms with Gasteiger partial charge in [-0.25, -0.2) is 9.97 Å². The van der Waals surface area contributed by atoms with E-state index in [2.05, 4.69) is 25.6 Å². The van der Waals surface area contributed by atoms with Gasteiger partial charge in [0, 0.05) is 29.2 Å².